The minimum absolute atomic E-state index is 0.222. The van der Waals surface area contributed by atoms with Crippen molar-refractivity contribution in [1.29, 1.82) is 0 Å². The van der Waals surface area contributed by atoms with Crippen LogP contribution in [0.15, 0.2) is 41.3 Å². The Balaban J connectivity index is 2.02. The Bertz CT molecular complexity index is 930. The number of hydrogen-bond donors (Lipinski definition) is 0. The van der Waals surface area contributed by atoms with Gasteiger partial charge in [-0.05, 0) is 30.3 Å². The number of sulfonamides is 1. The number of nitrogens with zero attached hydrogens (tertiary/aromatic N) is 1. The van der Waals surface area contributed by atoms with Crippen LogP contribution in [-0.2, 0) is 10.0 Å². The number of thioether (sulfide) groups is 1. The van der Waals surface area contributed by atoms with Gasteiger partial charge in [-0.3, -0.25) is 0 Å². The molecule has 1 aliphatic heterocycles. The number of methoxy groups -OCH3 is 4. The van der Waals surface area contributed by atoms with Crippen LogP contribution in [0.4, 0.5) is 0 Å². The van der Waals surface area contributed by atoms with Gasteiger partial charge in [-0.25, -0.2) is 8.42 Å². The van der Waals surface area contributed by atoms with Crippen molar-refractivity contribution in [3.8, 4) is 23.0 Å². The molecule has 28 heavy (non-hydrogen) atoms. The lowest BCUT2D eigenvalue weighted by Gasteiger charge is -2.25. The molecule has 2 aromatic rings. The fourth-order valence-corrected chi connectivity index (χ4v) is 6.32. The van der Waals surface area contributed by atoms with Crippen LogP contribution in [-0.4, -0.2) is 53.5 Å². The van der Waals surface area contributed by atoms with Crippen LogP contribution in [0.2, 0.25) is 0 Å². The van der Waals surface area contributed by atoms with E-state index in [4.69, 9.17) is 18.9 Å². The fourth-order valence-electron chi connectivity index (χ4n) is 3.07. The molecule has 0 aliphatic carbocycles. The molecule has 7 nitrogen and oxygen atoms in total. The number of ether oxygens (including phenoxy) is 4. The summed E-state index contributed by atoms with van der Waals surface area (Å²) < 4.78 is 49.4. The Kier molecular flexibility index (Phi) is 6.26. The molecule has 0 N–H and O–H groups in total. The largest absolute Gasteiger partial charge is 0.497 e. The molecule has 0 aromatic heterocycles. The summed E-state index contributed by atoms with van der Waals surface area (Å²) in [4.78, 5) is 0.222. The predicted molar refractivity (Wildman–Crippen MR) is 108 cm³/mol. The Morgan fingerprint density at radius 3 is 2.07 bits per heavy atom. The summed E-state index contributed by atoms with van der Waals surface area (Å²) in [6, 6.07) is 9.88. The van der Waals surface area contributed by atoms with E-state index in [-0.39, 0.29) is 4.90 Å². The molecule has 1 fully saturated rings. The molecule has 2 aromatic carbocycles. The molecule has 1 atom stereocenters. The monoisotopic (exact) mass is 425 g/mol. The summed E-state index contributed by atoms with van der Waals surface area (Å²) in [6.07, 6.45) is 0. The van der Waals surface area contributed by atoms with E-state index in [0.29, 0.717) is 35.3 Å². The third-order valence-corrected chi connectivity index (χ3v) is 7.77. The highest BCUT2D eigenvalue weighted by Gasteiger charge is 2.38. The average Bonchev–Trinajstić information content (AvgIpc) is 3.23. The van der Waals surface area contributed by atoms with Crippen LogP contribution in [0.1, 0.15) is 10.9 Å². The third kappa shape index (κ3) is 3.74. The minimum Gasteiger partial charge on any atom is -0.497 e. The van der Waals surface area contributed by atoms with Crippen LogP contribution in [0.5, 0.6) is 23.0 Å². The quantitative estimate of drug-likeness (QED) is 0.675. The normalized spacial score (nSPS) is 17.4. The minimum atomic E-state index is -3.69. The number of rotatable bonds is 7. The van der Waals surface area contributed by atoms with Gasteiger partial charge in [0.05, 0.1) is 38.7 Å². The first kappa shape index (κ1) is 20.6. The maximum absolute atomic E-state index is 13.3. The van der Waals surface area contributed by atoms with Crippen LogP contribution < -0.4 is 18.9 Å². The molecule has 1 unspecified atom stereocenters. The third-order valence-electron chi connectivity index (χ3n) is 4.52. The van der Waals surface area contributed by atoms with Crippen molar-refractivity contribution in [2.75, 3.05) is 40.7 Å². The molecule has 152 valence electrons. The van der Waals surface area contributed by atoms with E-state index in [0.717, 1.165) is 5.56 Å². The molecule has 0 spiro atoms. The standard InChI is InChI=1S/C19H23NO6S2/c1-23-13-5-7-14(8-6-13)28(21,22)20-9-10-27-19(20)15-11-17(25-3)18(26-4)12-16(15)24-2/h5-8,11-12,19H,9-10H2,1-4H3. The Labute approximate surface area is 169 Å². The Morgan fingerprint density at radius 2 is 1.50 bits per heavy atom. The van der Waals surface area contributed by atoms with Gasteiger partial charge in [0.25, 0.3) is 0 Å². The molecular formula is C19H23NO6S2. The first-order valence-electron chi connectivity index (χ1n) is 8.53. The Morgan fingerprint density at radius 1 is 0.893 bits per heavy atom. The summed E-state index contributed by atoms with van der Waals surface area (Å²) in [5.41, 5.74) is 0.722. The fraction of sp³-hybridized carbons (Fsp3) is 0.368. The highest BCUT2D eigenvalue weighted by molar-refractivity contribution is 8.01. The van der Waals surface area contributed by atoms with E-state index in [2.05, 4.69) is 0 Å². The highest BCUT2D eigenvalue weighted by Crippen LogP contribution is 2.47. The lowest BCUT2D eigenvalue weighted by atomic mass is 10.1. The maximum atomic E-state index is 13.3. The van der Waals surface area contributed by atoms with Crippen molar-refractivity contribution >= 4 is 21.8 Å². The molecule has 9 heteroatoms. The van der Waals surface area contributed by atoms with Gasteiger partial charge in [-0.1, -0.05) is 0 Å². The second-order valence-corrected chi connectivity index (χ2v) is 9.04. The van der Waals surface area contributed by atoms with Gasteiger partial charge < -0.3 is 18.9 Å². The predicted octanol–water partition coefficient (Wildman–Crippen LogP) is 3.16. The SMILES string of the molecule is COc1ccc(S(=O)(=O)N2CCSC2c2cc(OC)c(OC)cc2OC)cc1. The lowest BCUT2D eigenvalue weighted by molar-refractivity contribution is 0.344. The molecule has 0 amide bonds. The first-order valence-corrected chi connectivity index (χ1v) is 11.0. The van der Waals surface area contributed by atoms with Crippen molar-refractivity contribution in [3.63, 3.8) is 0 Å². The van der Waals surface area contributed by atoms with Crippen molar-refractivity contribution in [2.24, 2.45) is 0 Å². The summed E-state index contributed by atoms with van der Waals surface area (Å²) in [6.45, 7) is 0.404. The van der Waals surface area contributed by atoms with Gasteiger partial charge >= 0.3 is 0 Å². The van der Waals surface area contributed by atoms with Crippen molar-refractivity contribution in [2.45, 2.75) is 10.3 Å². The van der Waals surface area contributed by atoms with E-state index in [1.807, 2.05) is 0 Å². The summed E-state index contributed by atoms with van der Waals surface area (Å²) in [5, 5.41) is -0.429. The van der Waals surface area contributed by atoms with Gasteiger partial charge in [0.15, 0.2) is 11.5 Å². The molecule has 1 heterocycles. The first-order chi connectivity index (χ1) is 13.5. The van der Waals surface area contributed by atoms with Crippen LogP contribution >= 0.6 is 11.8 Å². The van der Waals surface area contributed by atoms with Gasteiger partial charge in [-0.15, -0.1) is 11.8 Å². The van der Waals surface area contributed by atoms with Gasteiger partial charge in [0, 0.05) is 23.9 Å². The second kappa shape index (κ2) is 8.50. The van der Waals surface area contributed by atoms with E-state index in [1.54, 1.807) is 76.6 Å². The lowest BCUT2D eigenvalue weighted by Crippen LogP contribution is -2.30. The zero-order chi connectivity index (χ0) is 20.3. The second-order valence-electron chi connectivity index (χ2n) is 5.96. The van der Waals surface area contributed by atoms with Crippen LogP contribution in [0.3, 0.4) is 0 Å². The highest BCUT2D eigenvalue weighted by atomic mass is 32.2. The average molecular weight is 426 g/mol. The van der Waals surface area contributed by atoms with E-state index in [9.17, 15) is 8.42 Å². The Hall–Kier alpha value is -2.10. The van der Waals surface area contributed by atoms with E-state index in [1.165, 1.54) is 4.31 Å². The van der Waals surface area contributed by atoms with Crippen molar-refractivity contribution < 1.29 is 27.4 Å². The zero-order valence-electron chi connectivity index (χ0n) is 16.2. The molecule has 0 saturated carbocycles. The molecule has 1 saturated heterocycles. The van der Waals surface area contributed by atoms with Gasteiger partial charge in [0.2, 0.25) is 10.0 Å². The molecular weight excluding hydrogens is 402 g/mol. The number of hydrogen-bond acceptors (Lipinski definition) is 7. The summed E-state index contributed by atoms with van der Waals surface area (Å²) in [7, 11) is 2.48. The topological polar surface area (TPSA) is 74.3 Å². The molecule has 0 bridgehead atoms. The van der Waals surface area contributed by atoms with Crippen molar-refractivity contribution in [1.82, 2.24) is 4.31 Å². The van der Waals surface area contributed by atoms with Crippen LogP contribution in [0.25, 0.3) is 0 Å². The molecule has 0 radical (unpaired) electrons. The summed E-state index contributed by atoms with van der Waals surface area (Å²) in [5.74, 6) is 2.88. The van der Waals surface area contributed by atoms with Crippen molar-refractivity contribution in [3.05, 3.63) is 42.0 Å². The number of benzene rings is 2. The van der Waals surface area contributed by atoms with E-state index >= 15 is 0 Å². The smallest absolute Gasteiger partial charge is 0.244 e. The molecule has 1 aliphatic rings. The van der Waals surface area contributed by atoms with Gasteiger partial charge in [-0.2, -0.15) is 4.31 Å². The maximum Gasteiger partial charge on any atom is 0.244 e. The zero-order valence-corrected chi connectivity index (χ0v) is 17.8. The van der Waals surface area contributed by atoms with Crippen LogP contribution in [0, 0.1) is 0 Å². The molecule has 3 rings (SSSR count). The van der Waals surface area contributed by atoms with Gasteiger partial charge in [0.1, 0.15) is 11.5 Å². The summed E-state index contributed by atoms with van der Waals surface area (Å²) >= 11 is 1.54. The van der Waals surface area contributed by atoms with E-state index < -0.39 is 15.4 Å².